The van der Waals surface area contributed by atoms with Gasteiger partial charge in [0.15, 0.2) is 0 Å². The van der Waals surface area contributed by atoms with Crippen molar-refractivity contribution in [1.29, 1.82) is 0 Å². The van der Waals surface area contributed by atoms with Gasteiger partial charge in [-0.25, -0.2) is 14.5 Å². The van der Waals surface area contributed by atoms with Crippen molar-refractivity contribution in [1.82, 2.24) is 24.5 Å². The molecule has 5 rings (SSSR count). The zero-order chi connectivity index (χ0) is 24.4. The van der Waals surface area contributed by atoms with Crippen LogP contribution in [-0.4, -0.2) is 57.1 Å². The largest absolute Gasteiger partial charge is 0.481 e. The van der Waals surface area contributed by atoms with Crippen molar-refractivity contribution in [3.63, 3.8) is 0 Å². The summed E-state index contributed by atoms with van der Waals surface area (Å²) in [6, 6.07) is 14.2. The molecule has 1 amide bonds. The topological polar surface area (TPSA) is 111 Å². The molecule has 3 aromatic heterocycles. The van der Waals surface area contributed by atoms with Gasteiger partial charge in [-0.15, -0.1) is 5.10 Å². The fourth-order valence-corrected chi connectivity index (χ4v) is 4.79. The van der Waals surface area contributed by atoms with Gasteiger partial charge in [-0.1, -0.05) is 6.07 Å². The fourth-order valence-electron chi connectivity index (χ4n) is 4.79. The van der Waals surface area contributed by atoms with E-state index in [1.807, 2.05) is 28.8 Å². The third-order valence-corrected chi connectivity index (χ3v) is 6.57. The van der Waals surface area contributed by atoms with Gasteiger partial charge >= 0.3 is 0 Å². The average Bonchev–Trinajstić information content (AvgIpc) is 3.28. The van der Waals surface area contributed by atoms with Crippen LogP contribution in [-0.2, 0) is 4.79 Å². The van der Waals surface area contributed by atoms with E-state index in [1.165, 1.54) is 11.1 Å². The molecule has 1 aromatic carbocycles. The molecule has 1 aliphatic rings. The Morgan fingerprint density at radius 2 is 1.94 bits per heavy atom. The smallest absolute Gasteiger partial charge is 0.245 e. The molecule has 0 radical (unpaired) electrons. The molecule has 1 saturated heterocycles. The van der Waals surface area contributed by atoms with E-state index in [1.54, 1.807) is 19.5 Å². The van der Waals surface area contributed by atoms with E-state index in [0.717, 1.165) is 48.4 Å². The van der Waals surface area contributed by atoms with Crippen LogP contribution in [0.5, 0.6) is 5.88 Å². The number of fused-ring (bicyclic) bond motifs is 1. The maximum atomic E-state index is 11.2. The molecule has 0 atom stereocenters. The number of carbonyl (C=O) groups excluding carboxylic acids is 1. The van der Waals surface area contributed by atoms with Crippen LogP contribution in [0, 0.1) is 6.92 Å². The number of nitrogens with two attached hydrogens (primary N) is 1. The van der Waals surface area contributed by atoms with Gasteiger partial charge in [0.2, 0.25) is 17.7 Å². The highest BCUT2D eigenvalue weighted by Gasteiger charge is 2.22. The van der Waals surface area contributed by atoms with Crippen LogP contribution >= 0.6 is 0 Å². The van der Waals surface area contributed by atoms with Gasteiger partial charge in [0.25, 0.3) is 0 Å². The lowest BCUT2D eigenvalue weighted by Gasteiger charge is -2.32. The summed E-state index contributed by atoms with van der Waals surface area (Å²) in [6.07, 6.45) is 5.63. The monoisotopic (exact) mass is 471 g/mol. The summed E-state index contributed by atoms with van der Waals surface area (Å²) in [4.78, 5) is 22.1. The maximum Gasteiger partial charge on any atom is 0.245 e. The summed E-state index contributed by atoms with van der Waals surface area (Å²) < 4.78 is 7.02. The van der Waals surface area contributed by atoms with Crippen molar-refractivity contribution in [2.45, 2.75) is 25.7 Å². The molecule has 1 fully saturated rings. The fraction of sp³-hybridized carbons (Fsp3) is 0.308. The Morgan fingerprint density at radius 1 is 1.11 bits per heavy atom. The highest BCUT2D eigenvalue weighted by atomic mass is 16.5. The number of primary amides is 1. The number of carbonyl (C=O) groups is 1. The zero-order valence-corrected chi connectivity index (χ0v) is 19.9. The summed E-state index contributed by atoms with van der Waals surface area (Å²) >= 11 is 0. The number of amides is 1. The van der Waals surface area contributed by atoms with Gasteiger partial charge in [-0.2, -0.15) is 0 Å². The number of rotatable bonds is 7. The molecule has 0 bridgehead atoms. The van der Waals surface area contributed by atoms with Crippen LogP contribution in [0.4, 0.5) is 11.6 Å². The van der Waals surface area contributed by atoms with E-state index < -0.39 is 0 Å². The summed E-state index contributed by atoms with van der Waals surface area (Å²) in [7, 11) is 1.60. The van der Waals surface area contributed by atoms with Crippen LogP contribution in [0.3, 0.4) is 0 Å². The van der Waals surface area contributed by atoms with Crippen LogP contribution in [0.25, 0.3) is 16.8 Å². The third kappa shape index (κ3) is 4.95. The number of likely N-dealkylation sites (tertiary alicyclic amines) is 1. The Hall–Kier alpha value is -3.98. The number of piperidine rings is 1. The number of aryl methyl sites for hydroxylation is 1. The Kier molecular flexibility index (Phi) is 6.33. The molecule has 180 valence electrons. The molecule has 4 aromatic rings. The maximum absolute atomic E-state index is 11.2. The second kappa shape index (κ2) is 9.71. The molecule has 1 aliphatic heterocycles. The SMILES string of the molecule is COc1ccc(-c2ccc3cnc(Nc4ccc(C5CCN(CC(N)=O)CC5)c(C)c4)nn23)cn1. The lowest BCUT2D eigenvalue weighted by molar-refractivity contribution is -0.119. The highest BCUT2D eigenvalue weighted by molar-refractivity contribution is 5.76. The van der Waals surface area contributed by atoms with E-state index in [4.69, 9.17) is 15.6 Å². The quantitative estimate of drug-likeness (QED) is 0.424. The van der Waals surface area contributed by atoms with Crippen LogP contribution in [0.1, 0.15) is 29.9 Å². The van der Waals surface area contributed by atoms with E-state index in [2.05, 4.69) is 45.3 Å². The van der Waals surface area contributed by atoms with Crippen molar-refractivity contribution in [3.05, 3.63) is 66.0 Å². The summed E-state index contributed by atoms with van der Waals surface area (Å²) in [6.45, 7) is 4.27. The first-order valence-corrected chi connectivity index (χ1v) is 11.7. The Labute approximate surface area is 203 Å². The predicted molar refractivity (Wildman–Crippen MR) is 135 cm³/mol. The molecular weight excluding hydrogens is 442 g/mol. The number of aromatic nitrogens is 4. The van der Waals surface area contributed by atoms with Crippen molar-refractivity contribution in [2.24, 2.45) is 5.73 Å². The highest BCUT2D eigenvalue weighted by Crippen LogP contribution is 2.32. The summed E-state index contributed by atoms with van der Waals surface area (Å²) in [5.74, 6) is 1.31. The molecule has 0 aliphatic carbocycles. The number of pyridine rings is 1. The zero-order valence-electron chi connectivity index (χ0n) is 19.9. The molecule has 0 saturated carbocycles. The number of ether oxygens (including phenoxy) is 1. The first kappa shape index (κ1) is 22.8. The second-order valence-electron chi connectivity index (χ2n) is 8.94. The molecule has 9 heteroatoms. The predicted octanol–water partition coefficient (Wildman–Crippen LogP) is 3.52. The summed E-state index contributed by atoms with van der Waals surface area (Å²) in [5.41, 5.74) is 11.6. The van der Waals surface area contributed by atoms with Crippen LogP contribution in [0.2, 0.25) is 0 Å². The van der Waals surface area contributed by atoms with Gasteiger partial charge in [0.05, 0.1) is 31.1 Å². The number of methoxy groups -OCH3 is 1. The minimum absolute atomic E-state index is 0.261. The second-order valence-corrected chi connectivity index (χ2v) is 8.94. The molecule has 9 nitrogen and oxygen atoms in total. The van der Waals surface area contributed by atoms with E-state index in [9.17, 15) is 4.79 Å². The van der Waals surface area contributed by atoms with Crippen molar-refractivity contribution < 1.29 is 9.53 Å². The number of hydrogen-bond acceptors (Lipinski definition) is 7. The lowest BCUT2D eigenvalue weighted by Crippen LogP contribution is -2.39. The number of hydrogen-bond donors (Lipinski definition) is 2. The first-order valence-electron chi connectivity index (χ1n) is 11.7. The Morgan fingerprint density at radius 3 is 2.63 bits per heavy atom. The van der Waals surface area contributed by atoms with Gasteiger partial charge in [-0.05, 0) is 80.2 Å². The van der Waals surface area contributed by atoms with Crippen molar-refractivity contribution in [3.8, 4) is 17.1 Å². The number of nitrogens with zero attached hydrogens (tertiary/aromatic N) is 5. The molecular formula is C26H29N7O2. The van der Waals surface area contributed by atoms with Crippen molar-refractivity contribution in [2.75, 3.05) is 32.1 Å². The van der Waals surface area contributed by atoms with Gasteiger partial charge < -0.3 is 15.8 Å². The van der Waals surface area contributed by atoms with Gasteiger partial charge in [-0.3, -0.25) is 9.69 Å². The molecule has 35 heavy (non-hydrogen) atoms. The van der Waals surface area contributed by atoms with Crippen LogP contribution < -0.4 is 15.8 Å². The van der Waals surface area contributed by atoms with E-state index in [0.29, 0.717) is 24.3 Å². The van der Waals surface area contributed by atoms with Crippen molar-refractivity contribution >= 4 is 23.1 Å². The van der Waals surface area contributed by atoms with Gasteiger partial charge in [0, 0.05) is 23.5 Å². The van der Waals surface area contributed by atoms with Gasteiger partial charge in [0.1, 0.15) is 0 Å². The summed E-state index contributed by atoms with van der Waals surface area (Å²) in [5, 5.41) is 8.06. The number of nitrogens with one attached hydrogen (secondary N) is 1. The lowest BCUT2D eigenvalue weighted by atomic mass is 9.86. The van der Waals surface area contributed by atoms with E-state index >= 15 is 0 Å². The Bertz CT molecular complexity index is 1340. The third-order valence-electron chi connectivity index (χ3n) is 6.57. The first-order chi connectivity index (χ1) is 17.0. The minimum Gasteiger partial charge on any atom is -0.481 e. The molecule has 0 unspecified atom stereocenters. The minimum atomic E-state index is -0.261. The normalized spacial score (nSPS) is 14.8. The number of anilines is 2. The average molecular weight is 472 g/mol. The Balaban J connectivity index is 1.32. The molecule has 0 spiro atoms. The molecule has 4 heterocycles. The van der Waals surface area contributed by atoms with E-state index in [-0.39, 0.29) is 5.91 Å². The van der Waals surface area contributed by atoms with Crippen LogP contribution in [0.15, 0.2) is 54.9 Å². The number of benzene rings is 1. The molecule has 3 N–H and O–H groups in total. The standard InChI is InChI=1S/C26H29N7O2/c1-17-13-20(4-6-22(17)18-9-11-32(12-10-18)16-24(27)34)30-26-29-15-21-5-7-23(33(21)31-26)19-3-8-25(35-2)28-14-19/h3-8,13-15,18H,9-12,16H2,1-2H3,(H2,27,34)(H,30,31).